The zero-order chi connectivity index (χ0) is 20.8. The summed E-state index contributed by atoms with van der Waals surface area (Å²) in [6, 6.07) is 13.9. The minimum absolute atomic E-state index is 0.0854. The maximum atomic E-state index is 13.0. The van der Waals surface area contributed by atoms with Gasteiger partial charge in [-0.25, -0.2) is 19.2 Å². The largest absolute Gasteiger partial charge is 0.464 e. The van der Waals surface area contributed by atoms with E-state index in [2.05, 4.69) is 9.97 Å². The summed E-state index contributed by atoms with van der Waals surface area (Å²) in [6.45, 7) is 1.69. The van der Waals surface area contributed by atoms with E-state index in [0.717, 1.165) is 0 Å². The van der Waals surface area contributed by atoms with Gasteiger partial charge < -0.3 is 19.7 Å². The molecule has 0 radical (unpaired) electrons. The SMILES string of the molecule is CCOC(=O)[C@@H](O)[C@H](O)c1ccnc(-c2ccc(Oc3ccc(F)cc3)cc2)n1. The number of esters is 1. The Labute approximate surface area is 166 Å². The molecule has 3 aromatic rings. The Morgan fingerprint density at radius 2 is 1.66 bits per heavy atom. The Morgan fingerprint density at radius 1 is 1.03 bits per heavy atom. The van der Waals surface area contributed by atoms with Crippen LogP contribution in [0.15, 0.2) is 60.8 Å². The molecule has 0 unspecified atom stereocenters. The lowest BCUT2D eigenvalue weighted by molar-refractivity contribution is -0.159. The molecule has 29 heavy (non-hydrogen) atoms. The zero-order valence-electron chi connectivity index (χ0n) is 15.5. The van der Waals surface area contributed by atoms with E-state index in [1.165, 1.54) is 36.5 Å². The van der Waals surface area contributed by atoms with E-state index in [1.807, 2.05) is 0 Å². The van der Waals surface area contributed by atoms with Crippen LogP contribution < -0.4 is 4.74 Å². The maximum Gasteiger partial charge on any atom is 0.338 e. The summed E-state index contributed by atoms with van der Waals surface area (Å²) >= 11 is 0. The molecule has 0 aliphatic heterocycles. The Hall–Kier alpha value is -3.36. The number of rotatable bonds is 7. The highest BCUT2D eigenvalue weighted by Crippen LogP contribution is 2.25. The van der Waals surface area contributed by atoms with Gasteiger partial charge in [0, 0.05) is 11.8 Å². The van der Waals surface area contributed by atoms with Gasteiger partial charge in [0.05, 0.1) is 12.3 Å². The lowest BCUT2D eigenvalue weighted by Crippen LogP contribution is -2.30. The molecule has 3 rings (SSSR count). The molecule has 0 aliphatic carbocycles. The van der Waals surface area contributed by atoms with Crippen molar-refractivity contribution in [2.24, 2.45) is 0 Å². The number of aromatic nitrogens is 2. The predicted molar refractivity (Wildman–Crippen MR) is 102 cm³/mol. The van der Waals surface area contributed by atoms with Gasteiger partial charge in [-0.1, -0.05) is 0 Å². The molecule has 150 valence electrons. The molecular formula is C21H19FN2O5. The monoisotopic (exact) mass is 398 g/mol. The minimum Gasteiger partial charge on any atom is -0.464 e. The third-order valence-electron chi connectivity index (χ3n) is 3.97. The number of halogens is 1. The molecule has 2 aromatic carbocycles. The molecule has 8 heteroatoms. The first kappa shape index (κ1) is 20.4. The van der Waals surface area contributed by atoms with Crippen LogP contribution in [0.3, 0.4) is 0 Å². The van der Waals surface area contributed by atoms with Crippen molar-refractivity contribution in [2.45, 2.75) is 19.1 Å². The standard InChI is InChI=1S/C21H19FN2O5/c1-2-28-21(27)19(26)18(25)17-11-12-23-20(24-17)13-3-7-15(8-4-13)29-16-9-5-14(22)6-10-16/h3-12,18-19,25-26H,2H2,1H3/t18-,19+/m1/s1. The number of aliphatic hydroxyl groups excluding tert-OH is 2. The molecule has 0 aliphatic rings. The molecule has 0 spiro atoms. The van der Waals surface area contributed by atoms with Gasteiger partial charge in [0.1, 0.15) is 23.4 Å². The number of aliphatic hydroxyl groups is 2. The molecule has 0 saturated heterocycles. The molecule has 7 nitrogen and oxygen atoms in total. The van der Waals surface area contributed by atoms with E-state index >= 15 is 0 Å². The van der Waals surface area contributed by atoms with Crippen LogP contribution in [0.1, 0.15) is 18.7 Å². The van der Waals surface area contributed by atoms with E-state index in [9.17, 15) is 19.4 Å². The van der Waals surface area contributed by atoms with Crippen LogP contribution in [-0.4, -0.2) is 38.9 Å². The fourth-order valence-corrected chi connectivity index (χ4v) is 2.51. The van der Waals surface area contributed by atoms with Gasteiger partial charge in [-0.3, -0.25) is 0 Å². The van der Waals surface area contributed by atoms with E-state index in [4.69, 9.17) is 9.47 Å². The first-order valence-corrected chi connectivity index (χ1v) is 8.87. The first-order valence-electron chi connectivity index (χ1n) is 8.87. The average molecular weight is 398 g/mol. The molecule has 0 bridgehead atoms. The van der Waals surface area contributed by atoms with Gasteiger partial charge in [-0.2, -0.15) is 0 Å². The Kier molecular flexibility index (Phi) is 6.48. The molecule has 2 N–H and O–H groups in total. The van der Waals surface area contributed by atoms with E-state index in [0.29, 0.717) is 22.9 Å². The molecular weight excluding hydrogens is 379 g/mol. The molecule has 0 amide bonds. The molecule has 2 atom stereocenters. The third kappa shape index (κ3) is 5.13. The normalized spacial score (nSPS) is 12.8. The Bertz CT molecular complexity index is 964. The van der Waals surface area contributed by atoms with Gasteiger partial charge in [0.15, 0.2) is 11.9 Å². The van der Waals surface area contributed by atoms with Crippen LogP contribution >= 0.6 is 0 Å². The average Bonchev–Trinajstić information content (AvgIpc) is 2.75. The number of carbonyl (C=O) groups excluding carboxylic acids is 1. The van der Waals surface area contributed by atoms with Crippen molar-refractivity contribution in [3.05, 3.63) is 72.3 Å². The molecule has 1 aromatic heterocycles. The molecule has 0 fully saturated rings. The fraction of sp³-hybridized carbons (Fsp3) is 0.190. The zero-order valence-corrected chi connectivity index (χ0v) is 15.5. The number of ether oxygens (including phenoxy) is 2. The Balaban J connectivity index is 1.74. The molecule has 1 heterocycles. The van der Waals surface area contributed by atoms with E-state index in [-0.39, 0.29) is 18.1 Å². The van der Waals surface area contributed by atoms with E-state index < -0.39 is 18.2 Å². The summed E-state index contributed by atoms with van der Waals surface area (Å²) < 4.78 is 23.3. The summed E-state index contributed by atoms with van der Waals surface area (Å²) in [7, 11) is 0. The summed E-state index contributed by atoms with van der Waals surface area (Å²) in [5, 5.41) is 20.1. The number of carbonyl (C=O) groups is 1. The van der Waals surface area contributed by atoms with Crippen LogP contribution in [0.25, 0.3) is 11.4 Å². The lowest BCUT2D eigenvalue weighted by Gasteiger charge is -2.16. The van der Waals surface area contributed by atoms with Gasteiger partial charge in [-0.15, -0.1) is 0 Å². The minimum atomic E-state index is -1.75. The number of hydrogen-bond acceptors (Lipinski definition) is 7. The van der Waals surface area contributed by atoms with Crippen molar-refractivity contribution in [1.82, 2.24) is 9.97 Å². The first-order chi connectivity index (χ1) is 14.0. The lowest BCUT2D eigenvalue weighted by atomic mass is 10.1. The quantitative estimate of drug-likeness (QED) is 0.590. The highest BCUT2D eigenvalue weighted by molar-refractivity contribution is 5.75. The van der Waals surface area contributed by atoms with Gasteiger partial charge >= 0.3 is 5.97 Å². The Morgan fingerprint density at radius 3 is 2.28 bits per heavy atom. The number of hydrogen-bond donors (Lipinski definition) is 2. The van der Waals surface area contributed by atoms with Crippen LogP contribution in [0, 0.1) is 5.82 Å². The van der Waals surface area contributed by atoms with Crippen LogP contribution in [0.4, 0.5) is 4.39 Å². The summed E-state index contributed by atoms with van der Waals surface area (Å²) in [6.07, 6.45) is -1.87. The number of benzene rings is 2. The van der Waals surface area contributed by atoms with E-state index in [1.54, 1.807) is 31.2 Å². The maximum absolute atomic E-state index is 13.0. The number of nitrogens with zero attached hydrogens (tertiary/aromatic N) is 2. The van der Waals surface area contributed by atoms with Gasteiger partial charge in [-0.05, 0) is 61.5 Å². The second kappa shape index (κ2) is 9.22. The van der Waals surface area contributed by atoms with Crippen molar-refractivity contribution >= 4 is 5.97 Å². The van der Waals surface area contributed by atoms with Crippen molar-refractivity contribution in [1.29, 1.82) is 0 Å². The van der Waals surface area contributed by atoms with Crippen molar-refractivity contribution in [3.8, 4) is 22.9 Å². The topological polar surface area (TPSA) is 102 Å². The predicted octanol–water partition coefficient (Wildman–Crippen LogP) is 3.03. The summed E-state index contributed by atoms with van der Waals surface area (Å²) in [5.74, 6) is 0.0520. The molecule has 0 saturated carbocycles. The van der Waals surface area contributed by atoms with Crippen molar-refractivity contribution in [3.63, 3.8) is 0 Å². The second-order valence-electron chi connectivity index (χ2n) is 6.03. The highest BCUT2D eigenvalue weighted by atomic mass is 19.1. The van der Waals surface area contributed by atoms with Crippen molar-refractivity contribution < 1.29 is 28.9 Å². The van der Waals surface area contributed by atoms with Crippen LogP contribution in [0.2, 0.25) is 0 Å². The summed E-state index contributed by atoms with van der Waals surface area (Å²) in [4.78, 5) is 20.0. The van der Waals surface area contributed by atoms with Gasteiger partial charge in [0.25, 0.3) is 0 Å². The third-order valence-corrected chi connectivity index (χ3v) is 3.97. The second-order valence-corrected chi connectivity index (χ2v) is 6.03. The highest BCUT2D eigenvalue weighted by Gasteiger charge is 2.28. The van der Waals surface area contributed by atoms with Gasteiger partial charge in [0.2, 0.25) is 0 Å². The van der Waals surface area contributed by atoms with Crippen LogP contribution in [0.5, 0.6) is 11.5 Å². The van der Waals surface area contributed by atoms with Crippen LogP contribution in [-0.2, 0) is 9.53 Å². The fourth-order valence-electron chi connectivity index (χ4n) is 2.51. The van der Waals surface area contributed by atoms with Crippen molar-refractivity contribution in [2.75, 3.05) is 6.61 Å². The summed E-state index contributed by atoms with van der Waals surface area (Å²) in [5.41, 5.74) is 0.721. The smallest absolute Gasteiger partial charge is 0.338 e.